The fraction of sp³-hybridized carbons (Fsp3) is 0.0667. The van der Waals surface area contributed by atoms with E-state index in [2.05, 4.69) is 15.0 Å². The number of aromatic nitrogens is 2. The van der Waals surface area contributed by atoms with Crippen molar-refractivity contribution in [3.63, 3.8) is 0 Å². The Morgan fingerprint density at radius 3 is 2.78 bits per heavy atom. The molecule has 1 aromatic carbocycles. The van der Waals surface area contributed by atoms with Gasteiger partial charge in [-0.3, -0.25) is 4.79 Å². The van der Waals surface area contributed by atoms with Crippen LogP contribution in [0.3, 0.4) is 0 Å². The fourth-order valence-electron chi connectivity index (χ4n) is 1.89. The lowest BCUT2D eigenvalue weighted by molar-refractivity contribution is -0.0497. The van der Waals surface area contributed by atoms with E-state index in [0.717, 1.165) is 0 Å². The van der Waals surface area contributed by atoms with Crippen LogP contribution in [-0.2, 0) is 0 Å². The fourth-order valence-corrected chi connectivity index (χ4v) is 2.67. The molecule has 0 saturated carbocycles. The highest BCUT2D eigenvalue weighted by molar-refractivity contribution is 7.12. The van der Waals surface area contributed by atoms with Crippen LogP contribution in [0.1, 0.15) is 10.5 Å². The number of ether oxygens (including phenoxy) is 1. The number of amides is 1. The monoisotopic (exact) mass is 335 g/mol. The third-order valence-corrected chi connectivity index (χ3v) is 3.72. The number of nitrogens with one attached hydrogen (secondary N) is 1. The van der Waals surface area contributed by atoms with Crippen LogP contribution in [0.4, 0.5) is 14.5 Å². The third-order valence-electron chi connectivity index (χ3n) is 2.87. The molecule has 0 spiro atoms. The van der Waals surface area contributed by atoms with Gasteiger partial charge in [0, 0.05) is 29.5 Å². The van der Waals surface area contributed by atoms with Gasteiger partial charge in [-0.05, 0) is 24.3 Å². The Morgan fingerprint density at radius 1 is 1.26 bits per heavy atom. The SMILES string of the molecule is O=C(Nc1cccc(OC(F)F)c1)c1csc(-n2cccc2)n1. The second-order valence-electron chi connectivity index (χ2n) is 4.47. The molecule has 1 amide bonds. The van der Waals surface area contributed by atoms with Gasteiger partial charge in [-0.2, -0.15) is 8.78 Å². The number of rotatable bonds is 5. The number of carbonyl (C=O) groups excluding carboxylic acids is 1. The quantitative estimate of drug-likeness (QED) is 0.772. The molecule has 0 aliphatic carbocycles. The van der Waals surface area contributed by atoms with E-state index in [1.54, 1.807) is 16.0 Å². The number of anilines is 1. The van der Waals surface area contributed by atoms with Gasteiger partial charge >= 0.3 is 6.61 Å². The zero-order chi connectivity index (χ0) is 16.2. The summed E-state index contributed by atoms with van der Waals surface area (Å²) in [5.74, 6) is -0.446. The molecule has 0 fully saturated rings. The van der Waals surface area contributed by atoms with Gasteiger partial charge in [-0.1, -0.05) is 6.07 Å². The van der Waals surface area contributed by atoms with Gasteiger partial charge in [0.05, 0.1) is 0 Å². The van der Waals surface area contributed by atoms with Gasteiger partial charge in [0.1, 0.15) is 11.4 Å². The third kappa shape index (κ3) is 3.72. The number of hydrogen-bond acceptors (Lipinski definition) is 4. The van der Waals surface area contributed by atoms with E-state index >= 15 is 0 Å². The average molecular weight is 335 g/mol. The molecule has 118 valence electrons. The van der Waals surface area contributed by atoms with Gasteiger partial charge in [-0.15, -0.1) is 11.3 Å². The van der Waals surface area contributed by atoms with Crippen molar-refractivity contribution in [2.24, 2.45) is 0 Å². The number of nitrogens with zero attached hydrogens (tertiary/aromatic N) is 2. The summed E-state index contributed by atoms with van der Waals surface area (Å²) in [6, 6.07) is 9.51. The molecule has 3 rings (SSSR count). The van der Waals surface area contributed by atoms with Crippen molar-refractivity contribution in [3.8, 4) is 10.9 Å². The minimum absolute atomic E-state index is 0.0240. The van der Waals surface area contributed by atoms with Crippen LogP contribution in [-0.4, -0.2) is 22.1 Å². The molecule has 5 nitrogen and oxygen atoms in total. The van der Waals surface area contributed by atoms with Crippen LogP contribution in [0.5, 0.6) is 5.75 Å². The predicted octanol–water partition coefficient (Wildman–Crippen LogP) is 3.79. The highest BCUT2D eigenvalue weighted by Crippen LogP contribution is 2.21. The van der Waals surface area contributed by atoms with E-state index < -0.39 is 12.5 Å². The van der Waals surface area contributed by atoms with Crippen molar-refractivity contribution in [3.05, 3.63) is 59.9 Å². The molecule has 0 atom stereocenters. The molecule has 0 saturated heterocycles. The van der Waals surface area contributed by atoms with Crippen LogP contribution in [0.25, 0.3) is 5.13 Å². The second kappa shape index (κ2) is 6.57. The minimum atomic E-state index is -2.91. The van der Waals surface area contributed by atoms with E-state index in [1.165, 1.54) is 29.5 Å². The molecule has 2 aromatic heterocycles. The molecule has 2 heterocycles. The first-order chi connectivity index (χ1) is 11.1. The lowest BCUT2D eigenvalue weighted by Crippen LogP contribution is -2.12. The van der Waals surface area contributed by atoms with Crippen LogP contribution in [0.2, 0.25) is 0 Å². The van der Waals surface area contributed by atoms with Crippen molar-refractivity contribution in [2.45, 2.75) is 6.61 Å². The Labute approximate surface area is 134 Å². The Morgan fingerprint density at radius 2 is 2.04 bits per heavy atom. The lowest BCUT2D eigenvalue weighted by atomic mass is 10.3. The first-order valence-electron chi connectivity index (χ1n) is 6.57. The predicted molar refractivity (Wildman–Crippen MR) is 82.5 cm³/mol. The normalized spacial score (nSPS) is 10.7. The summed E-state index contributed by atoms with van der Waals surface area (Å²) in [6.07, 6.45) is 3.65. The zero-order valence-electron chi connectivity index (χ0n) is 11.6. The van der Waals surface area contributed by atoms with Gasteiger partial charge in [0.25, 0.3) is 5.91 Å². The summed E-state index contributed by atoms with van der Waals surface area (Å²) < 4.78 is 30.5. The van der Waals surface area contributed by atoms with E-state index in [1.807, 2.05) is 24.5 Å². The van der Waals surface area contributed by atoms with Crippen molar-refractivity contribution in [1.29, 1.82) is 0 Å². The maximum atomic E-state index is 12.2. The summed E-state index contributed by atoms with van der Waals surface area (Å²) in [5.41, 5.74) is 0.600. The first-order valence-corrected chi connectivity index (χ1v) is 7.45. The number of alkyl halides is 2. The number of benzene rings is 1. The first kappa shape index (κ1) is 15.2. The molecule has 0 unspecified atom stereocenters. The van der Waals surface area contributed by atoms with Crippen molar-refractivity contribution >= 4 is 22.9 Å². The van der Waals surface area contributed by atoms with Crippen LogP contribution < -0.4 is 10.1 Å². The Kier molecular flexibility index (Phi) is 4.33. The zero-order valence-corrected chi connectivity index (χ0v) is 12.5. The summed E-state index contributed by atoms with van der Waals surface area (Å²) in [6.45, 7) is -2.91. The summed E-state index contributed by atoms with van der Waals surface area (Å²) in [7, 11) is 0. The number of thiazole rings is 1. The summed E-state index contributed by atoms with van der Waals surface area (Å²) >= 11 is 1.32. The lowest BCUT2D eigenvalue weighted by Gasteiger charge is -2.07. The smallest absolute Gasteiger partial charge is 0.387 e. The standard InChI is InChI=1S/C15H11F2N3O2S/c16-14(17)22-11-5-3-4-10(8-11)18-13(21)12-9-23-15(19-12)20-6-1-2-7-20/h1-9,14H,(H,18,21). The summed E-state index contributed by atoms with van der Waals surface area (Å²) in [5, 5.41) is 4.89. The molecule has 8 heteroatoms. The van der Waals surface area contributed by atoms with E-state index in [-0.39, 0.29) is 11.4 Å². The molecule has 3 aromatic rings. The molecule has 0 radical (unpaired) electrons. The Balaban J connectivity index is 1.72. The maximum Gasteiger partial charge on any atom is 0.387 e. The maximum absolute atomic E-state index is 12.2. The highest BCUT2D eigenvalue weighted by Gasteiger charge is 2.12. The van der Waals surface area contributed by atoms with Crippen molar-refractivity contribution in [1.82, 2.24) is 9.55 Å². The second-order valence-corrected chi connectivity index (χ2v) is 5.30. The van der Waals surface area contributed by atoms with Crippen LogP contribution in [0.15, 0.2) is 54.2 Å². The van der Waals surface area contributed by atoms with E-state index in [0.29, 0.717) is 10.8 Å². The molecule has 0 aliphatic heterocycles. The van der Waals surface area contributed by atoms with Crippen molar-refractivity contribution < 1.29 is 18.3 Å². The number of carbonyl (C=O) groups is 1. The van der Waals surface area contributed by atoms with Crippen molar-refractivity contribution in [2.75, 3.05) is 5.32 Å². The highest BCUT2D eigenvalue weighted by atomic mass is 32.1. The molecular formula is C15H11F2N3O2S. The minimum Gasteiger partial charge on any atom is -0.435 e. The van der Waals surface area contributed by atoms with E-state index in [4.69, 9.17) is 0 Å². The number of halogens is 2. The Bertz CT molecular complexity index is 803. The van der Waals surface area contributed by atoms with Gasteiger partial charge in [0.15, 0.2) is 5.13 Å². The van der Waals surface area contributed by atoms with Gasteiger partial charge in [0.2, 0.25) is 0 Å². The largest absolute Gasteiger partial charge is 0.435 e. The van der Waals surface area contributed by atoms with Crippen LogP contribution in [0, 0.1) is 0 Å². The van der Waals surface area contributed by atoms with Gasteiger partial charge < -0.3 is 14.6 Å². The molecule has 0 aliphatic rings. The molecule has 0 bridgehead atoms. The average Bonchev–Trinajstić information content (AvgIpc) is 3.18. The topological polar surface area (TPSA) is 56.1 Å². The Hall–Kier alpha value is -2.74. The molecule has 23 heavy (non-hydrogen) atoms. The van der Waals surface area contributed by atoms with Gasteiger partial charge in [-0.25, -0.2) is 4.98 Å². The van der Waals surface area contributed by atoms with Crippen LogP contribution >= 0.6 is 11.3 Å². The van der Waals surface area contributed by atoms with E-state index in [9.17, 15) is 13.6 Å². The molecule has 1 N–H and O–H groups in total. The number of hydrogen-bond donors (Lipinski definition) is 1. The summed E-state index contributed by atoms with van der Waals surface area (Å²) in [4.78, 5) is 16.4. The molecular weight excluding hydrogens is 324 g/mol.